The highest BCUT2D eigenvalue weighted by molar-refractivity contribution is 9.10. The molecule has 0 atom stereocenters. The van der Waals surface area contributed by atoms with Gasteiger partial charge in [0.05, 0.1) is 6.54 Å². The van der Waals surface area contributed by atoms with Gasteiger partial charge < -0.3 is 0 Å². The molecule has 0 amide bonds. The number of nitrogens with zero attached hydrogens (tertiary/aromatic N) is 1. The van der Waals surface area contributed by atoms with Crippen molar-refractivity contribution < 1.29 is 4.79 Å². The summed E-state index contributed by atoms with van der Waals surface area (Å²) >= 11 is 5.11. The Balaban J connectivity index is 1.93. The number of rotatable bonds is 6. The van der Waals surface area contributed by atoms with E-state index in [2.05, 4.69) is 28.1 Å². The molecule has 110 valence electrons. The van der Waals surface area contributed by atoms with Crippen LogP contribution in [0.4, 0.5) is 0 Å². The molecular weight excluding hydrogens is 346 g/mol. The molecule has 0 aliphatic rings. The predicted molar refractivity (Wildman–Crippen MR) is 93.0 cm³/mol. The predicted octanol–water partition coefficient (Wildman–Crippen LogP) is 4.49. The molecule has 0 heterocycles. The van der Waals surface area contributed by atoms with Crippen LogP contribution in [0.5, 0.6) is 0 Å². The normalized spacial score (nSPS) is 10.9. The Morgan fingerprint density at radius 2 is 1.71 bits per heavy atom. The molecule has 2 aromatic carbocycles. The Morgan fingerprint density at radius 1 is 1.10 bits per heavy atom. The lowest BCUT2D eigenvalue weighted by Gasteiger charge is -2.16. The maximum Gasteiger partial charge on any atom is 0.176 e. The molecule has 0 spiro atoms. The first kappa shape index (κ1) is 16.3. The number of halogens is 1. The van der Waals surface area contributed by atoms with Crippen LogP contribution in [0, 0.1) is 0 Å². The minimum atomic E-state index is 0.155. The van der Waals surface area contributed by atoms with E-state index < -0.39 is 0 Å². The third-order valence-electron chi connectivity index (χ3n) is 3.19. The number of hydrogen-bond acceptors (Lipinski definition) is 3. The third kappa shape index (κ3) is 4.99. The third-order valence-corrected chi connectivity index (χ3v) is 4.46. The molecule has 2 rings (SSSR count). The average molecular weight is 364 g/mol. The van der Waals surface area contributed by atoms with Crippen LogP contribution in [0.3, 0.4) is 0 Å². The number of likely N-dealkylation sites (N-methyl/N-ethyl adjacent to an activating group) is 1. The van der Waals surface area contributed by atoms with E-state index in [1.54, 1.807) is 11.8 Å². The highest BCUT2D eigenvalue weighted by atomic mass is 79.9. The van der Waals surface area contributed by atoms with Crippen molar-refractivity contribution in [1.82, 2.24) is 4.90 Å². The van der Waals surface area contributed by atoms with Gasteiger partial charge in [-0.1, -0.05) is 40.2 Å². The summed E-state index contributed by atoms with van der Waals surface area (Å²) in [5, 5.41) is 0. The molecule has 0 aromatic heterocycles. The van der Waals surface area contributed by atoms with Crippen molar-refractivity contribution in [1.29, 1.82) is 0 Å². The fraction of sp³-hybridized carbons (Fsp3) is 0.235. The first-order valence-corrected chi connectivity index (χ1v) is 8.70. The molecule has 0 fully saturated rings. The summed E-state index contributed by atoms with van der Waals surface area (Å²) in [7, 11) is 1.97. The van der Waals surface area contributed by atoms with Gasteiger partial charge in [0, 0.05) is 21.5 Å². The van der Waals surface area contributed by atoms with Gasteiger partial charge in [-0.2, -0.15) is 0 Å². The fourth-order valence-corrected chi connectivity index (χ4v) is 2.74. The average Bonchev–Trinajstić information content (AvgIpc) is 2.49. The maximum atomic E-state index is 12.2. The van der Waals surface area contributed by atoms with E-state index in [0.29, 0.717) is 6.54 Å². The number of thioether (sulfide) groups is 1. The number of ketones is 1. The number of carbonyl (C=O) groups excluding carboxylic acids is 1. The lowest BCUT2D eigenvalue weighted by atomic mass is 10.1. The van der Waals surface area contributed by atoms with Gasteiger partial charge in [-0.3, -0.25) is 9.69 Å². The van der Waals surface area contributed by atoms with Gasteiger partial charge in [-0.25, -0.2) is 0 Å². The largest absolute Gasteiger partial charge is 0.295 e. The van der Waals surface area contributed by atoms with Crippen LogP contribution in [-0.4, -0.2) is 30.5 Å². The van der Waals surface area contributed by atoms with Gasteiger partial charge in [0.15, 0.2) is 5.78 Å². The smallest absolute Gasteiger partial charge is 0.176 e. The van der Waals surface area contributed by atoms with E-state index >= 15 is 0 Å². The molecule has 0 bridgehead atoms. The number of carbonyl (C=O) groups is 1. The van der Waals surface area contributed by atoms with Gasteiger partial charge in [-0.15, -0.1) is 11.8 Å². The van der Waals surface area contributed by atoms with Gasteiger partial charge >= 0.3 is 0 Å². The van der Waals surface area contributed by atoms with E-state index in [0.717, 1.165) is 16.6 Å². The van der Waals surface area contributed by atoms with Crippen molar-refractivity contribution in [3.8, 4) is 0 Å². The lowest BCUT2D eigenvalue weighted by molar-refractivity contribution is 0.0943. The summed E-state index contributed by atoms with van der Waals surface area (Å²) in [5.41, 5.74) is 1.97. The van der Waals surface area contributed by atoms with Crippen LogP contribution in [-0.2, 0) is 6.54 Å². The molecule has 0 aliphatic carbocycles. The highest BCUT2D eigenvalue weighted by Gasteiger charge is 2.09. The molecule has 4 heteroatoms. The van der Waals surface area contributed by atoms with E-state index in [4.69, 9.17) is 0 Å². The minimum Gasteiger partial charge on any atom is -0.295 e. The van der Waals surface area contributed by atoms with Gasteiger partial charge in [0.1, 0.15) is 0 Å². The van der Waals surface area contributed by atoms with E-state index in [1.165, 1.54) is 10.5 Å². The number of Topliss-reactive ketones (excluding diaryl/α,β-unsaturated/α-hetero) is 1. The van der Waals surface area contributed by atoms with E-state index in [1.807, 2.05) is 54.6 Å². The molecule has 0 N–H and O–H groups in total. The summed E-state index contributed by atoms with van der Waals surface area (Å²) in [6, 6.07) is 16.0. The van der Waals surface area contributed by atoms with Crippen molar-refractivity contribution in [3.63, 3.8) is 0 Å². The van der Waals surface area contributed by atoms with Crippen molar-refractivity contribution in [3.05, 3.63) is 64.1 Å². The number of benzene rings is 2. The zero-order valence-electron chi connectivity index (χ0n) is 12.2. The van der Waals surface area contributed by atoms with Gasteiger partial charge in [-0.05, 0) is 43.1 Å². The summed E-state index contributed by atoms with van der Waals surface area (Å²) < 4.78 is 1.07. The lowest BCUT2D eigenvalue weighted by Crippen LogP contribution is -2.25. The second-order valence-corrected chi connectivity index (χ2v) is 6.75. The van der Waals surface area contributed by atoms with Crippen LogP contribution in [0.2, 0.25) is 0 Å². The van der Waals surface area contributed by atoms with Crippen LogP contribution in [0.15, 0.2) is 57.9 Å². The zero-order chi connectivity index (χ0) is 15.2. The molecular formula is C17H18BrNOS. The van der Waals surface area contributed by atoms with Gasteiger partial charge in [0.25, 0.3) is 0 Å². The van der Waals surface area contributed by atoms with Crippen LogP contribution < -0.4 is 0 Å². The second kappa shape index (κ2) is 7.78. The van der Waals surface area contributed by atoms with E-state index in [-0.39, 0.29) is 5.78 Å². The second-order valence-electron chi connectivity index (χ2n) is 4.95. The SMILES string of the molecule is CSc1ccc(C(=O)CN(C)Cc2ccc(Br)cc2)cc1. The van der Waals surface area contributed by atoms with Crippen molar-refractivity contribution in [2.45, 2.75) is 11.4 Å². The molecule has 0 radical (unpaired) electrons. The first-order chi connectivity index (χ1) is 10.1. The quantitative estimate of drug-likeness (QED) is 0.557. The zero-order valence-corrected chi connectivity index (χ0v) is 14.6. The Labute approximate surface area is 138 Å². The molecule has 2 nitrogen and oxygen atoms in total. The maximum absolute atomic E-state index is 12.2. The summed E-state index contributed by atoms with van der Waals surface area (Å²) in [4.78, 5) is 15.5. The van der Waals surface area contributed by atoms with Crippen molar-refractivity contribution in [2.75, 3.05) is 19.8 Å². The summed E-state index contributed by atoms with van der Waals surface area (Å²) in [6.45, 7) is 1.19. The van der Waals surface area contributed by atoms with Crippen LogP contribution >= 0.6 is 27.7 Å². The Bertz CT molecular complexity index is 595. The molecule has 0 unspecified atom stereocenters. The molecule has 21 heavy (non-hydrogen) atoms. The van der Waals surface area contributed by atoms with Crippen molar-refractivity contribution >= 4 is 33.5 Å². The summed E-state index contributed by atoms with van der Waals surface area (Å²) in [5.74, 6) is 0.155. The monoisotopic (exact) mass is 363 g/mol. The van der Waals surface area contributed by atoms with Crippen molar-refractivity contribution in [2.24, 2.45) is 0 Å². The Hall–Kier alpha value is -1.10. The molecule has 0 aliphatic heterocycles. The minimum absolute atomic E-state index is 0.155. The van der Waals surface area contributed by atoms with Crippen LogP contribution in [0.1, 0.15) is 15.9 Å². The standard InChI is InChI=1S/C17H18BrNOS/c1-19(11-13-3-7-15(18)8-4-13)12-17(20)14-5-9-16(21-2)10-6-14/h3-10H,11-12H2,1-2H3. The molecule has 0 saturated heterocycles. The number of hydrogen-bond donors (Lipinski definition) is 0. The highest BCUT2D eigenvalue weighted by Crippen LogP contribution is 2.16. The Morgan fingerprint density at radius 3 is 2.29 bits per heavy atom. The molecule has 0 saturated carbocycles. The summed E-state index contributed by atoms with van der Waals surface area (Å²) in [6.07, 6.45) is 2.03. The topological polar surface area (TPSA) is 20.3 Å². The Kier molecular flexibility index (Phi) is 6.03. The fourth-order valence-electron chi connectivity index (χ4n) is 2.07. The van der Waals surface area contributed by atoms with Gasteiger partial charge in [0.2, 0.25) is 0 Å². The molecule has 2 aromatic rings. The van der Waals surface area contributed by atoms with Crippen LogP contribution in [0.25, 0.3) is 0 Å². The van der Waals surface area contributed by atoms with E-state index in [9.17, 15) is 4.79 Å². The first-order valence-electron chi connectivity index (χ1n) is 6.68.